The fraction of sp³-hybridized carbons (Fsp3) is 0.667. The van der Waals surface area contributed by atoms with Gasteiger partial charge in [0.05, 0.1) is 16.8 Å². The minimum absolute atomic E-state index is 0.175. The predicted octanol–water partition coefficient (Wildman–Crippen LogP) is 3.33. The number of halogens is 3. The van der Waals surface area contributed by atoms with E-state index in [0.717, 1.165) is 6.42 Å². The highest BCUT2D eigenvalue weighted by atomic mass is 19.4. The second-order valence-corrected chi connectivity index (χ2v) is 4.66. The molecule has 0 unspecified atom stereocenters. The van der Waals surface area contributed by atoms with Crippen molar-refractivity contribution in [1.29, 1.82) is 0 Å². The number of aryl methyl sites for hydroxylation is 2. The normalized spacial score (nSPS) is 18.2. The lowest BCUT2D eigenvalue weighted by Crippen LogP contribution is -2.30. The number of alkyl halides is 3. The van der Waals surface area contributed by atoms with Crippen molar-refractivity contribution in [2.45, 2.75) is 51.1 Å². The van der Waals surface area contributed by atoms with Crippen LogP contribution in [-0.2, 0) is 11.8 Å². The molecule has 94 valence electrons. The number of aromatic nitrogens is 2. The molecule has 1 aromatic heterocycles. The number of hydrogen-bond donors (Lipinski definition) is 0. The highest BCUT2D eigenvalue weighted by Crippen LogP contribution is 2.59. The van der Waals surface area contributed by atoms with Gasteiger partial charge in [-0.25, -0.2) is 0 Å². The van der Waals surface area contributed by atoms with Crippen LogP contribution in [0.5, 0.6) is 0 Å². The predicted molar refractivity (Wildman–Crippen MR) is 57.7 cm³/mol. The first-order chi connectivity index (χ1) is 7.90. The molecule has 0 aromatic carbocycles. The van der Waals surface area contributed by atoms with E-state index >= 15 is 0 Å². The van der Waals surface area contributed by atoms with Crippen LogP contribution in [0, 0.1) is 6.92 Å². The topological polar surface area (TPSA) is 25.8 Å². The van der Waals surface area contributed by atoms with Gasteiger partial charge in [-0.3, -0.25) is 0 Å². The monoisotopic (exact) mass is 244 g/mol. The van der Waals surface area contributed by atoms with Crippen molar-refractivity contribution in [3.63, 3.8) is 0 Å². The average Bonchev–Trinajstić information content (AvgIpc) is 3.01. The van der Waals surface area contributed by atoms with Crippen molar-refractivity contribution in [1.82, 2.24) is 10.2 Å². The zero-order valence-corrected chi connectivity index (χ0v) is 9.93. The van der Waals surface area contributed by atoms with Crippen molar-refractivity contribution in [2.24, 2.45) is 0 Å². The van der Waals surface area contributed by atoms with Gasteiger partial charge in [-0.05, 0) is 37.8 Å². The Morgan fingerprint density at radius 1 is 1.29 bits per heavy atom. The van der Waals surface area contributed by atoms with Crippen LogP contribution in [0.2, 0.25) is 0 Å². The molecule has 5 heteroatoms. The van der Waals surface area contributed by atoms with Crippen LogP contribution in [-0.4, -0.2) is 16.4 Å². The second-order valence-electron chi connectivity index (χ2n) is 4.66. The molecule has 0 aliphatic heterocycles. The lowest BCUT2D eigenvalue weighted by molar-refractivity contribution is -0.160. The van der Waals surface area contributed by atoms with E-state index in [1.54, 1.807) is 13.0 Å². The molecule has 0 bridgehead atoms. The molecule has 0 atom stereocenters. The summed E-state index contributed by atoms with van der Waals surface area (Å²) in [4.78, 5) is 0. The van der Waals surface area contributed by atoms with Gasteiger partial charge in [0.1, 0.15) is 0 Å². The van der Waals surface area contributed by atoms with E-state index in [1.807, 2.05) is 6.92 Å². The summed E-state index contributed by atoms with van der Waals surface area (Å²) in [7, 11) is 0. The fourth-order valence-electron chi connectivity index (χ4n) is 2.19. The first-order valence-electron chi connectivity index (χ1n) is 5.81. The summed E-state index contributed by atoms with van der Waals surface area (Å²) in [6, 6.07) is 1.59. The molecule has 0 spiro atoms. The van der Waals surface area contributed by atoms with E-state index in [9.17, 15) is 13.2 Å². The molecule has 1 fully saturated rings. The third kappa shape index (κ3) is 2.03. The summed E-state index contributed by atoms with van der Waals surface area (Å²) in [5.74, 6) is 0. The van der Waals surface area contributed by atoms with Crippen molar-refractivity contribution in [3.05, 3.63) is 23.0 Å². The molecule has 1 aromatic rings. The third-order valence-electron chi connectivity index (χ3n) is 3.34. The van der Waals surface area contributed by atoms with Crippen molar-refractivity contribution in [2.75, 3.05) is 0 Å². The fourth-order valence-corrected chi connectivity index (χ4v) is 2.19. The Labute approximate surface area is 98.2 Å². The second kappa shape index (κ2) is 3.96. The lowest BCUT2D eigenvalue weighted by Gasteiger charge is -2.21. The summed E-state index contributed by atoms with van der Waals surface area (Å²) >= 11 is 0. The zero-order valence-electron chi connectivity index (χ0n) is 9.93. The first kappa shape index (κ1) is 12.3. The molecule has 1 saturated carbocycles. The van der Waals surface area contributed by atoms with Gasteiger partial charge in [-0.2, -0.15) is 23.4 Å². The Morgan fingerprint density at radius 2 is 1.94 bits per heavy atom. The molecule has 1 heterocycles. The molecule has 2 rings (SSSR count). The first-order valence-corrected chi connectivity index (χ1v) is 5.81. The highest BCUT2D eigenvalue weighted by Gasteiger charge is 2.64. The molecule has 0 N–H and O–H groups in total. The maximum Gasteiger partial charge on any atom is 0.398 e. The summed E-state index contributed by atoms with van der Waals surface area (Å²) < 4.78 is 39.1. The van der Waals surface area contributed by atoms with Crippen molar-refractivity contribution >= 4 is 0 Å². The van der Waals surface area contributed by atoms with Gasteiger partial charge in [0.2, 0.25) is 0 Å². The van der Waals surface area contributed by atoms with E-state index in [4.69, 9.17) is 0 Å². The molecule has 1 aliphatic rings. The van der Waals surface area contributed by atoms with Crippen LogP contribution >= 0.6 is 0 Å². The molecule has 0 amide bonds. The molecular formula is C12H15F3N2. The summed E-state index contributed by atoms with van der Waals surface area (Å²) in [5.41, 5.74) is -0.262. The zero-order chi connectivity index (χ0) is 12.7. The van der Waals surface area contributed by atoms with E-state index in [1.165, 1.54) is 0 Å². The van der Waals surface area contributed by atoms with Crippen molar-refractivity contribution in [3.8, 4) is 0 Å². The standard InChI is InChI=1S/C12H15F3N2/c1-3-4-9-7-10(8(2)16-17-9)11(5-6-11)12(13,14)15/h7H,3-6H2,1-2H3. The molecule has 0 saturated heterocycles. The molecule has 2 nitrogen and oxygen atoms in total. The summed E-state index contributed by atoms with van der Waals surface area (Å²) in [6.07, 6.45) is -2.29. The van der Waals surface area contributed by atoms with Crippen LogP contribution in [0.4, 0.5) is 13.2 Å². The molecular weight excluding hydrogens is 229 g/mol. The Balaban J connectivity index is 2.41. The van der Waals surface area contributed by atoms with E-state index in [2.05, 4.69) is 10.2 Å². The smallest absolute Gasteiger partial charge is 0.170 e. The lowest BCUT2D eigenvalue weighted by atomic mass is 9.93. The minimum atomic E-state index is -4.18. The van der Waals surface area contributed by atoms with Gasteiger partial charge < -0.3 is 0 Å². The molecule has 1 aliphatic carbocycles. The maximum atomic E-state index is 13.0. The van der Waals surface area contributed by atoms with Gasteiger partial charge in [-0.1, -0.05) is 13.3 Å². The Hall–Kier alpha value is -1.13. The van der Waals surface area contributed by atoms with Gasteiger partial charge in [0.25, 0.3) is 0 Å². The molecule has 17 heavy (non-hydrogen) atoms. The molecule has 0 radical (unpaired) electrons. The largest absolute Gasteiger partial charge is 0.398 e. The van der Waals surface area contributed by atoms with E-state index in [-0.39, 0.29) is 12.8 Å². The number of nitrogens with zero attached hydrogens (tertiary/aromatic N) is 2. The summed E-state index contributed by atoms with van der Waals surface area (Å²) in [6.45, 7) is 3.57. The van der Waals surface area contributed by atoms with Crippen molar-refractivity contribution < 1.29 is 13.2 Å². The number of rotatable bonds is 3. The van der Waals surface area contributed by atoms with E-state index < -0.39 is 11.6 Å². The Kier molecular flexibility index (Phi) is 2.87. The van der Waals surface area contributed by atoms with Crippen LogP contribution in [0.3, 0.4) is 0 Å². The Bertz CT molecular complexity index is 422. The van der Waals surface area contributed by atoms with Crippen LogP contribution in [0.25, 0.3) is 0 Å². The van der Waals surface area contributed by atoms with Crippen LogP contribution in [0.15, 0.2) is 6.07 Å². The quantitative estimate of drug-likeness (QED) is 0.815. The Morgan fingerprint density at radius 3 is 2.41 bits per heavy atom. The third-order valence-corrected chi connectivity index (χ3v) is 3.34. The van der Waals surface area contributed by atoms with Gasteiger partial charge in [-0.15, -0.1) is 0 Å². The van der Waals surface area contributed by atoms with E-state index in [0.29, 0.717) is 23.4 Å². The SMILES string of the molecule is CCCc1cc(C2(C(F)(F)F)CC2)c(C)nn1. The van der Waals surface area contributed by atoms with Crippen LogP contribution < -0.4 is 0 Å². The van der Waals surface area contributed by atoms with Gasteiger partial charge in [0, 0.05) is 0 Å². The van der Waals surface area contributed by atoms with Gasteiger partial charge in [0.15, 0.2) is 0 Å². The van der Waals surface area contributed by atoms with Gasteiger partial charge >= 0.3 is 6.18 Å². The highest BCUT2D eigenvalue weighted by molar-refractivity contribution is 5.37. The number of hydrogen-bond acceptors (Lipinski definition) is 2. The van der Waals surface area contributed by atoms with Crippen LogP contribution in [0.1, 0.15) is 43.1 Å². The maximum absolute atomic E-state index is 13.0. The minimum Gasteiger partial charge on any atom is -0.170 e. The average molecular weight is 244 g/mol. The summed E-state index contributed by atoms with van der Waals surface area (Å²) in [5, 5.41) is 7.80.